The second kappa shape index (κ2) is 11.6. The molecule has 38 heavy (non-hydrogen) atoms. The standard InChI is InChI=1S/C30H35N5O3/c1-4-28(36)35-14-8-11-22(20-35)29-32-25-18-27(38-3)26(37-2)17-24(25)30(33-29)31-23-12-15-34(16-13-23)19-21-9-6-5-7-10-21/h4-7,9-11,17-18,23H,1,8,12-16,19-20H2,2-3H3,(H,31,32,33). The number of aromatic nitrogens is 2. The topological polar surface area (TPSA) is 79.8 Å². The molecule has 0 bridgehead atoms. The molecule has 3 heterocycles. The first kappa shape index (κ1) is 25.7. The van der Waals surface area contributed by atoms with Crippen LogP contribution >= 0.6 is 0 Å². The highest BCUT2D eigenvalue weighted by atomic mass is 16.5. The predicted octanol–water partition coefficient (Wildman–Crippen LogP) is 4.53. The Kier molecular flexibility index (Phi) is 7.89. The summed E-state index contributed by atoms with van der Waals surface area (Å²) in [6.45, 7) is 7.77. The quantitative estimate of drug-likeness (QED) is 0.444. The van der Waals surface area contributed by atoms with E-state index in [1.807, 2.05) is 12.1 Å². The number of rotatable bonds is 8. The average Bonchev–Trinajstić information content (AvgIpc) is 2.97. The molecule has 1 amide bonds. The number of ether oxygens (including phenoxy) is 2. The first-order valence-corrected chi connectivity index (χ1v) is 13.1. The van der Waals surface area contributed by atoms with Crippen molar-refractivity contribution in [2.45, 2.75) is 31.8 Å². The number of hydrogen-bond donors (Lipinski definition) is 1. The van der Waals surface area contributed by atoms with Crippen LogP contribution in [0.5, 0.6) is 11.5 Å². The molecular weight excluding hydrogens is 478 g/mol. The number of carbonyl (C=O) groups excluding carboxylic acids is 1. The predicted molar refractivity (Wildman–Crippen MR) is 150 cm³/mol. The van der Waals surface area contributed by atoms with Gasteiger partial charge < -0.3 is 19.7 Å². The fourth-order valence-corrected chi connectivity index (χ4v) is 5.20. The van der Waals surface area contributed by atoms with Gasteiger partial charge in [0.1, 0.15) is 5.82 Å². The van der Waals surface area contributed by atoms with Gasteiger partial charge >= 0.3 is 0 Å². The SMILES string of the molecule is C=CC(=O)N1CCC=C(c2nc(NC3CCN(Cc4ccccc4)CC3)c3cc(OC)c(OC)cc3n2)C1. The van der Waals surface area contributed by atoms with Crippen molar-refractivity contribution in [3.63, 3.8) is 0 Å². The summed E-state index contributed by atoms with van der Waals surface area (Å²) in [6.07, 6.45) is 6.28. The van der Waals surface area contributed by atoms with Gasteiger partial charge in [-0.05, 0) is 37.0 Å². The Balaban J connectivity index is 1.41. The molecule has 0 saturated carbocycles. The molecule has 0 radical (unpaired) electrons. The first-order valence-electron chi connectivity index (χ1n) is 13.1. The maximum atomic E-state index is 12.3. The highest BCUT2D eigenvalue weighted by molar-refractivity contribution is 5.93. The van der Waals surface area contributed by atoms with Crippen LogP contribution in [0.4, 0.5) is 5.82 Å². The van der Waals surface area contributed by atoms with E-state index < -0.39 is 0 Å². The van der Waals surface area contributed by atoms with Crippen LogP contribution in [0.2, 0.25) is 0 Å². The summed E-state index contributed by atoms with van der Waals surface area (Å²) in [5.74, 6) is 2.57. The van der Waals surface area contributed by atoms with Crippen LogP contribution < -0.4 is 14.8 Å². The lowest BCUT2D eigenvalue weighted by atomic mass is 10.0. The van der Waals surface area contributed by atoms with Gasteiger partial charge in [-0.3, -0.25) is 9.69 Å². The molecule has 2 aliphatic heterocycles. The van der Waals surface area contributed by atoms with E-state index in [0.29, 0.717) is 36.5 Å². The van der Waals surface area contributed by atoms with Gasteiger partial charge in [-0.25, -0.2) is 9.97 Å². The molecule has 5 rings (SSSR count). The first-order chi connectivity index (χ1) is 18.6. The molecule has 3 aromatic rings. The van der Waals surface area contributed by atoms with Gasteiger partial charge in [-0.2, -0.15) is 0 Å². The second-order valence-corrected chi connectivity index (χ2v) is 9.78. The van der Waals surface area contributed by atoms with Crippen molar-refractivity contribution in [1.82, 2.24) is 19.8 Å². The van der Waals surface area contributed by atoms with Gasteiger partial charge in [0.25, 0.3) is 0 Å². The molecule has 1 fully saturated rings. The zero-order valence-electron chi connectivity index (χ0n) is 22.2. The van der Waals surface area contributed by atoms with Crippen LogP contribution in [0.25, 0.3) is 16.5 Å². The number of likely N-dealkylation sites (tertiary alicyclic amines) is 1. The summed E-state index contributed by atoms with van der Waals surface area (Å²) in [7, 11) is 3.25. The number of carbonyl (C=O) groups is 1. The number of hydrogen-bond acceptors (Lipinski definition) is 7. The molecule has 2 aliphatic rings. The maximum Gasteiger partial charge on any atom is 0.246 e. The van der Waals surface area contributed by atoms with Crippen LogP contribution in [0, 0.1) is 0 Å². The van der Waals surface area contributed by atoms with Crippen LogP contribution in [0.1, 0.15) is 30.7 Å². The van der Waals surface area contributed by atoms with Crippen LogP contribution in [0.3, 0.4) is 0 Å². The molecular formula is C30H35N5O3. The van der Waals surface area contributed by atoms with Gasteiger partial charge in [-0.1, -0.05) is 43.0 Å². The minimum absolute atomic E-state index is 0.0802. The Labute approximate surface area is 224 Å². The number of fused-ring (bicyclic) bond motifs is 1. The van der Waals surface area contributed by atoms with Crippen molar-refractivity contribution >= 4 is 28.2 Å². The van der Waals surface area contributed by atoms with Crippen molar-refractivity contribution in [2.75, 3.05) is 45.7 Å². The summed E-state index contributed by atoms with van der Waals surface area (Å²) in [5.41, 5.74) is 3.05. The van der Waals surface area contributed by atoms with E-state index in [4.69, 9.17) is 19.4 Å². The van der Waals surface area contributed by atoms with Crippen molar-refractivity contribution in [1.29, 1.82) is 0 Å². The monoisotopic (exact) mass is 513 g/mol. The number of benzene rings is 2. The number of piperidine rings is 1. The summed E-state index contributed by atoms with van der Waals surface area (Å²) in [6, 6.07) is 14.7. The Hall–Kier alpha value is -3.91. The maximum absolute atomic E-state index is 12.3. The third kappa shape index (κ3) is 5.65. The van der Waals surface area contributed by atoms with E-state index in [1.54, 1.807) is 19.1 Å². The van der Waals surface area contributed by atoms with Crippen molar-refractivity contribution in [2.24, 2.45) is 0 Å². The van der Waals surface area contributed by atoms with Gasteiger partial charge in [0.2, 0.25) is 5.91 Å². The summed E-state index contributed by atoms with van der Waals surface area (Å²) in [5, 5.41) is 4.61. The second-order valence-electron chi connectivity index (χ2n) is 9.78. The Morgan fingerprint density at radius 2 is 1.82 bits per heavy atom. The smallest absolute Gasteiger partial charge is 0.246 e. The van der Waals surface area contributed by atoms with Crippen molar-refractivity contribution in [3.8, 4) is 11.5 Å². The summed E-state index contributed by atoms with van der Waals surface area (Å²) < 4.78 is 11.1. The van der Waals surface area contributed by atoms with E-state index >= 15 is 0 Å². The number of nitrogens with zero attached hydrogens (tertiary/aromatic N) is 4. The van der Waals surface area contributed by atoms with E-state index in [-0.39, 0.29) is 5.91 Å². The number of amides is 1. The molecule has 0 spiro atoms. The van der Waals surface area contributed by atoms with Crippen molar-refractivity contribution < 1.29 is 14.3 Å². The molecule has 1 N–H and O–H groups in total. The van der Waals surface area contributed by atoms with Gasteiger partial charge in [0.05, 0.1) is 19.7 Å². The van der Waals surface area contributed by atoms with E-state index in [2.05, 4.69) is 53.2 Å². The molecule has 1 saturated heterocycles. The van der Waals surface area contributed by atoms with Crippen molar-refractivity contribution in [3.05, 3.63) is 72.6 Å². The molecule has 8 nitrogen and oxygen atoms in total. The normalized spacial score (nSPS) is 16.7. The zero-order valence-corrected chi connectivity index (χ0v) is 22.2. The number of methoxy groups -OCH3 is 2. The molecule has 0 unspecified atom stereocenters. The number of nitrogens with one attached hydrogen (secondary N) is 1. The molecule has 8 heteroatoms. The summed E-state index contributed by atoms with van der Waals surface area (Å²) >= 11 is 0. The fourth-order valence-electron chi connectivity index (χ4n) is 5.20. The molecule has 1 aromatic heterocycles. The van der Waals surface area contributed by atoms with Gasteiger partial charge in [0.15, 0.2) is 17.3 Å². The third-order valence-corrected chi connectivity index (χ3v) is 7.30. The van der Waals surface area contributed by atoms with E-state index in [0.717, 1.165) is 61.2 Å². The lowest BCUT2D eigenvalue weighted by molar-refractivity contribution is -0.125. The molecule has 0 aliphatic carbocycles. The molecule has 0 atom stereocenters. The third-order valence-electron chi connectivity index (χ3n) is 7.30. The summed E-state index contributed by atoms with van der Waals surface area (Å²) in [4.78, 5) is 26.4. The highest BCUT2D eigenvalue weighted by Gasteiger charge is 2.24. The Morgan fingerprint density at radius 1 is 1.08 bits per heavy atom. The van der Waals surface area contributed by atoms with Gasteiger partial charge in [-0.15, -0.1) is 0 Å². The fraction of sp³-hybridized carbons (Fsp3) is 0.367. The molecule has 198 valence electrons. The average molecular weight is 514 g/mol. The lowest BCUT2D eigenvalue weighted by Gasteiger charge is -2.33. The van der Waals surface area contributed by atoms with Crippen LogP contribution in [-0.2, 0) is 11.3 Å². The largest absolute Gasteiger partial charge is 0.493 e. The number of anilines is 1. The Bertz CT molecular complexity index is 1330. The Morgan fingerprint density at radius 3 is 2.53 bits per heavy atom. The molecule has 2 aromatic carbocycles. The minimum atomic E-state index is -0.0802. The van der Waals surface area contributed by atoms with E-state index in [9.17, 15) is 4.79 Å². The lowest BCUT2D eigenvalue weighted by Crippen LogP contribution is -2.39. The van der Waals surface area contributed by atoms with Crippen LogP contribution in [-0.4, -0.2) is 72.1 Å². The minimum Gasteiger partial charge on any atom is -0.493 e. The van der Waals surface area contributed by atoms with Gasteiger partial charge in [0, 0.05) is 55.8 Å². The zero-order chi connectivity index (χ0) is 26.5. The van der Waals surface area contributed by atoms with E-state index in [1.165, 1.54) is 11.6 Å². The van der Waals surface area contributed by atoms with Crippen LogP contribution in [0.15, 0.2) is 61.2 Å². The highest BCUT2D eigenvalue weighted by Crippen LogP contribution is 2.35.